The number of hydrogen-bond donors (Lipinski definition) is 2. The number of thioether (sulfide) groups is 1. The molecule has 106 valence electrons. The van der Waals surface area contributed by atoms with Gasteiger partial charge in [-0.2, -0.15) is 11.8 Å². The van der Waals surface area contributed by atoms with Crippen molar-refractivity contribution in [2.24, 2.45) is 0 Å². The zero-order valence-electron chi connectivity index (χ0n) is 11.9. The van der Waals surface area contributed by atoms with Crippen LogP contribution in [0.4, 0.5) is 11.6 Å². The van der Waals surface area contributed by atoms with Crippen molar-refractivity contribution in [3.05, 3.63) is 11.9 Å². The molecule has 0 saturated carbocycles. The molecular weight excluding hydrogens is 256 g/mol. The summed E-state index contributed by atoms with van der Waals surface area (Å²) < 4.78 is 0. The molecule has 2 rings (SSSR count). The summed E-state index contributed by atoms with van der Waals surface area (Å²) in [4.78, 5) is 9.19. The van der Waals surface area contributed by atoms with Crippen LogP contribution in [0.3, 0.4) is 0 Å². The van der Waals surface area contributed by atoms with Crippen LogP contribution in [0.25, 0.3) is 0 Å². The Kier molecular flexibility index (Phi) is 5.76. The first-order valence-electron chi connectivity index (χ1n) is 7.28. The van der Waals surface area contributed by atoms with Gasteiger partial charge >= 0.3 is 0 Å². The molecule has 4 nitrogen and oxygen atoms in total. The summed E-state index contributed by atoms with van der Waals surface area (Å²) in [6.07, 6.45) is 4.36. The summed E-state index contributed by atoms with van der Waals surface area (Å²) in [5.74, 6) is 5.31. The Morgan fingerprint density at radius 3 is 2.79 bits per heavy atom. The van der Waals surface area contributed by atoms with Gasteiger partial charge in [0.15, 0.2) is 0 Å². The first-order valence-corrected chi connectivity index (χ1v) is 8.43. The second kappa shape index (κ2) is 7.58. The van der Waals surface area contributed by atoms with E-state index in [2.05, 4.69) is 34.4 Å². The number of aromatic nitrogens is 2. The Bertz CT molecular complexity index is 391. The highest BCUT2D eigenvalue weighted by molar-refractivity contribution is 7.99. The lowest BCUT2D eigenvalue weighted by Crippen LogP contribution is -2.20. The van der Waals surface area contributed by atoms with E-state index in [0.29, 0.717) is 6.04 Å². The highest BCUT2D eigenvalue weighted by Gasteiger charge is 2.16. The van der Waals surface area contributed by atoms with Gasteiger partial charge in [-0.3, -0.25) is 0 Å². The van der Waals surface area contributed by atoms with E-state index in [1.54, 1.807) is 0 Å². The molecular formula is C14H24N4S. The summed E-state index contributed by atoms with van der Waals surface area (Å²) in [5.41, 5.74) is 0. The van der Waals surface area contributed by atoms with Gasteiger partial charge in [-0.1, -0.05) is 13.8 Å². The standard InChI is InChI=1S/C14H24N4S/c1-3-5-12-17-13(15-7-4-2)9-14(18-12)16-11-6-8-19-10-11/h9,11H,3-8,10H2,1-2H3,(H2,15,16,17,18). The predicted octanol–water partition coefficient (Wildman–Crippen LogP) is 3.17. The van der Waals surface area contributed by atoms with Gasteiger partial charge in [0.25, 0.3) is 0 Å². The molecule has 1 saturated heterocycles. The third kappa shape index (κ3) is 4.56. The quantitative estimate of drug-likeness (QED) is 0.803. The average molecular weight is 280 g/mol. The first kappa shape index (κ1) is 14.4. The number of rotatable bonds is 7. The maximum absolute atomic E-state index is 4.62. The van der Waals surface area contributed by atoms with Crippen LogP contribution in [0, 0.1) is 0 Å². The molecule has 2 heterocycles. The molecule has 0 aromatic carbocycles. The van der Waals surface area contributed by atoms with E-state index >= 15 is 0 Å². The highest BCUT2D eigenvalue weighted by Crippen LogP contribution is 2.21. The molecule has 1 atom stereocenters. The average Bonchev–Trinajstić information content (AvgIpc) is 2.89. The van der Waals surface area contributed by atoms with Crippen molar-refractivity contribution in [2.45, 2.75) is 45.6 Å². The van der Waals surface area contributed by atoms with E-state index in [-0.39, 0.29) is 0 Å². The SMILES string of the molecule is CCCNc1cc(NC2CCSC2)nc(CCC)n1. The Morgan fingerprint density at radius 2 is 2.11 bits per heavy atom. The van der Waals surface area contributed by atoms with Crippen molar-refractivity contribution in [2.75, 3.05) is 28.7 Å². The fraction of sp³-hybridized carbons (Fsp3) is 0.714. The maximum atomic E-state index is 4.62. The van der Waals surface area contributed by atoms with E-state index < -0.39 is 0 Å². The van der Waals surface area contributed by atoms with Crippen LogP contribution in [-0.2, 0) is 6.42 Å². The summed E-state index contributed by atoms with van der Waals surface area (Å²) in [5, 5.41) is 6.91. The lowest BCUT2D eigenvalue weighted by atomic mass is 10.2. The molecule has 0 amide bonds. The monoisotopic (exact) mass is 280 g/mol. The van der Waals surface area contributed by atoms with Gasteiger partial charge in [0.1, 0.15) is 17.5 Å². The molecule has 0 spiro atoms. The molecule has 0 aliphatic carbocycles. The molecule has 1 aromatic rings. The van der Waals surface area contributed by atoms with Crippen molar-refractivity contribution < 1.29 is 0 Å². The van der Waals surface area contributed by atoms with Gasteiger partial charge < -0.3 is 10.6 Å². The van der Waals surface area contributed by atoms with Gasteiger partial charge in [0.05, 0.1) is 0 Å². The van der Waals surface area contributed by atoms with Crippen LogP contribution in [0.15, 0.2) is 6.07 Å². The van der Waals surface area contributed by atoms with Gasteiger partial charge in [0.2, 0.25) is 0 Å². The predicted molar refractivity (Wildman–Crippen MR) is 84.2 cm³/mol. The molecule has 1 unspecified atom stereocenters. The van der Waals surface area contributed by atoms with Crippen LogP contribution in [0.2, 0.25) is 0 Å². The highest BCUT2D eigenvalue weighted by atomic mass is 32.2. The maximum Gasteiger partial charge on any atom is 0.133 e. The molecule has 2 N–H and O–H groups in total. The van der Waals surface area contributed by atoms with Crippen LogP contribution in [0.1, 0.15) is 38.9 Å². The van der Waals surface area contributed by atoms with Crippen LogP contribution < -0.4 is 10.6 Å². The van der Waals surface area contributed by atoms with Gasteiger partial charge in [-0.05, 0) is 25.0 Å². The Hall–Kier alpha value is -0.970. The number of nitrogens with zero attached hydrogens (tertiary/aromatic N) is 2. The minimum Gasteiger partial charge on any atom is -0.370 e. The number of nitrogens with one attached hydrogen (secondary N) is 2. The van der Waals surface area contributed by atoms with Crippen LogP contribution in [-0.4, -0.2) is 34.1 Å². The summed E-state index contributed by atoms with van der Waals surface area (Å²) in [6, 6.07) is 2.60. The van der Waals surface area contributed by atoms with Crippen molar-refractivity contribution >= 4 is 23.4 Å². The van der Waals surface area contributed by atoms with E-state index in [4.69, 9.17) is 0 Å². The minimum atomic E-state index is 0.563. The van der Waals surface area contributed by atoms with Gasteiger partial charge in [-0.15, -0.1) is 0 Å². The van der Waals surface area contributed by atoms with Crippen molar-refractivity contribution in [1.82, 2.24) is 9.97 Å². The molecule has 1 fully saturated rings. The number of anilines is 2. The molecule has 5 heteroatoms. The lowest BCUT2D eigenvalue weighted by Gasteiger charge is -2.14. The first-order chi connectivity index (χ1) is 9.31. The zero-order valence-corrected chi connectivity index (χ0v) is 12.7. The Morgan fingerprint density at radius 1 is 1.26 bits per heavy atom. The van der Waals surface area contributed by atoms with E-state index in [0.717, 1.165) is 43.3 Å². The van der Waals surface area contributed by atoms with Crippen molar-refractivity contribution in [1.29, 1.82) is 0 Å². The molecule has 19 heavy (non-hydrogen) atoms. The number of aryl methyl sites for hydroxylation is 1. The van der Waals surface area contributed by atoms with Crippen LogP contribution >= 0.6 is 11.8 Å². The van der Waals surface area contributed by atoms with Gasteiger partial charge in [0, 0.05) is 30.8 Å². The Balaban J connectivity index is 2.07. The summed E-state index contributed by atoms with van der Waals surface area (Å²) in [6.45, 7) is 5.29. The second-order valence-electron chi connectivity index (χ2n) is 4.94. The normalized spacial score (nSPS) is 18.5. The molecule has 1 aromatic heterocycles. The third-order valence-corrected chi connectivity index (χ3v) is 4.25. The topological polar surface area (TPSA) is 49.8 Å². The zero-order chi connectivity index (χ0) is 13.5. The fourth-order valence-electron chi connectivity index (χ4n) is 2.11. The number of hydrogen-bond acceptors (Lipinski definition) is 5. The second-order valence-corrected chi connectivity index (χ2v) is 6.09. The molecule has 0 bridgehead atoms. The summed E-state index contributed by atoms with van der Waals surface area (Å²) in [7, 11) is 0. The smallest absolute Gasteiger partial charge is 0.133 e. The lowest BCUT2D eigenvalue weighted by molar-refractivity contribution is 0.790. The minimum absolute atomic E-state index is 0.563. The molecule has 1 aliphatic rings. The van der Waals surface area contributed by atoms with E-state index in [1.165, 1.54) is 17.9 Å². The molecule has 0 radical (unpaired) electrons. The Labute approximate surface area is 120 Å². The largest absolute Gasteiger partial charge is 0.370 e. The third-order valence-electron chi connectivity index (χ3n) is 3.08. The van der Waals surface area contributed by atoms with Crippen LogP contribution in [0.5, 0.6) is 0 Å². The van der Waals surface area contributed by atoms with Crippen molar-refractivity contribution in [3.8, 4) is 0 Å². The summed E-state index contributed by atoms with van der Waals surface area (Å²) >= 11 is 2.01. The van der Waals surface area contributed by atoms with E-state index in [9.17, 15) is 0 Å². The molecule has 1 aliphatic heterocycles. The van der Waals surface area contributed by atoms with Gasteiger partial charge in [-0.25, -0.2) is 9.97 Å². The fourth-order valence-corrected chi connectivity index (χ4v) is 3.26. The van der Waals surface area contributed by atoms with E-state index in [1.807, 2.05) is 17.8 Å². The van der Waals surface area contributed by atoms with Crippen molar-refractivity contribution in [3.63, 3.8) is 0 Å².